The molecule has 3 amide bonds. The van der Waals surface area contributed by atoms with E-state index in [1.54, 1.807) is 17.0 Å². The fourth-order valence-corrected chi connectivity index (χ4v) is 3.20. The number of likely N-dealkylation sites (tertiary alicyclic amines) is 1. The van der Waals surface area contributed by atoms with Gasteiger partial charge in [-0.15, -0.1) is 12.4 Å². The minimum atomic E-state index is -0.448. The number of carbonyl (C=O) groups excluding carboxylic acids is 2. The van der Waals surface area contributed by atoms with Crippen LogP contribution in [0.5, 0.6) is 0 Å². The van der Waals surface area contributed by atoms with E-state index in [1.165, 1.54) is 12.1 Å². The van der Waals surface area contributed by atoms with Crippen molar-refractivity contribution in [1.82, 2.24) is 15.5 Å². The summed E-state index contributed by atoms with van der Waals surface area (Å²) in [6.45, 7) is 1.18. The number of hydrogen-bond acceptors (Lipinski definition) is 3. The smallest absolute Gasteiger partial charge is 0.315 e. The van der Waals surface area contributed by atoms with Gasteiger partial charge in [0.05, 0.1) is 6.54 Å². The maximum atomic E-state index is 12.9. The van der Waals surface area contributed by atoms with Crippen molar-refractivity contribution >= 4 is 24.3 Å². The molecule has 0 aliphatic carbocycles. The van der Waals surface area contributed by atoms with Crippen molar-refractivity contribution in [2.24, 2.45) is 5.73 Å². The molecule has 0 unspecified atom stereocenters. The molecule has 0 bridgehead atoms. The Kier molecular flexibility index (Phi) is 7.78. The molecule has 3 rings (SSSR count). The highest BCUT2D eigenvalue weighted by atomic mass is 35.5. The first kappa shape index (κ1) is 21.7. The second-order valence-corrected chi connectivity index (χ2v) is 6.64. The molecular formula is C20H24ClFN4O2. The molecule has 1 heterocycles. The van der Waals surface area contributed by atoms with Gasteiger partial charge in [-0.25, -0.2) is 9.18 Å². The first-order chi connectivity index (χ1) is 13.0. The van der Waals surface area contributed by atoms with E-state index in [4.69, 9.17) is 5.73 Å². The highest BCUT2D eigenvalue weighted by Gasteiger charge is 2.33. The van der Waals surface area contributed by atoms with E-state index in [0.29, 0.717) is 13.1 Å². The van der Waals surface area contributed by atoms with Gasteiger partial charge in [0.25, 0.3) is 0 Å². The van der Waals surface area contributed by atoms with Crippen molar-refractivity contribution in [2.45, 2.75) is 18.5 Å². The summed E-state index contributed by atoms with van der Waals surface area (Å²) in [4.78, 5) is 25.9. The molecule has 2 aromatic carbocycles. The van der Waals surface area contributed by atoms with Crippen molar-refractivity contribution in [3.05, 3.63) is 71.5 Å². The maximum Gasteiger partial charge on any atom is 0.315 e. The standard InChI is InChI=1S/C20H23FN4O2.ClH/c21-16-8-6-14(7-9-16)10-23-20(27)24-11-19(26)25-12-17(18(22)13-25)15-4-2-1-3-5-15;/h1-9,17-18H,10-13,22H2,(H2,23,24,27);1H/t17-,18+;/m0./s1. The number of hydrogen-bond donors (Lipinski definition) is 3. The van der Waals surface area contributed by atoms with E-state index in [0.717, 1.165) is 11.1 Å². The lowest BCUT2D eigenvalue weighted by Crippen LogP contribution is -2.43. The highest BCUT2D eigenvalue weighted by Crippen LogP contribution is 2.26. The van der Waals surface area contributed by atoms with Gasteiger partial charge >= 0.3 is 6.03 Å². The molecule has 150 valence electrons. The minimum absolute atomic E-state index is 0. The van der Waals surface area contributed by atoms with E-state index in [9.17, 15) is 14.0 Å². The van der Waals surface area contributed by atoms with Crippen LogP contribution in [-0.2, 0) is 11.3 Å². The van der Waals surface area contributed by atoms with E-state index < -0.39 is 6.03 Å². The van der Waals surface area contributed by atoms with Crippen LogP contribution in [0.25, 0.3) is 0 Å². The third-order valence-electron chi connectivity index (χ3n) is 4.71. The molecule has 2 atom stereocenters. The zero-order valence-electron chi connectivity index (χ0n) is 15.3. The van der Waals surface area contributed by atoms with Crippen molar-refractivity contribution in [3.8, 4) is 0 Å². The van der Waals surface area contributed by atoms with E-state index in [2.05, 4.69) is 10.6 Å². The Morgan fingerprint density at radius 3 is 2.39 bits per heavy atom. The number of urea groups is 1. The Balaban J connectivity index is 0.00000280. The van der Waals surface area contributed by atoms with Crippen LogP contribution < -0.4 is 16.4 Å². The minimum Gasteiger partial charge on any atom is -0.339 e. The predicted octanol–water partition coefficient (Wildman–Crippen LogP) is 2.00. The Morgan fingerprint density at radius 1 is 1.04 bits per heavy atom. The molecule has 6 nitrogen and oxygen atoms in total. The summed E-state index contributed by atoms with van der Waals surface area (Å²) in [6, 6.07) is 15.2. The Labute approximate surface area is 169 Å². The Morgan fingerprint density at radius 2 is 1.71 bits per heavy atom. The largest absolute Gasteiger partial charge is 0.339 e. The first-order valence-corrected chi connectivity index (χ1v) is 8.87. The first-order valence-electron chi connectivity index (χ1n) is 8.87. The number of nitrogens with two attached hydrogens (primary N) is 1. The number of nitrogens with one attached hydrogen (secondary N) is 2. The van der Waals surface area contributed by atoms with Crippen molar-refractivity contribution in [1.29, 1.82) is 0 Å². The summed E-state index contributed by atoms with van der Waals surface area (Å²) < 4.78 is 12.9. The lowest BCUT2D eigenvalue weighted by molar-refractivity contribution is -0.129. The van der Waals surface area contributed by atoms with Crippen molar-refractivity contribution in [2.75, 3.05) is 19.6 Å². The van der Waals surface area contributed by atoms with Crippen LogP contribution in [0.4, 0.5) is 9.18 Å². The van der Waals surface area contributed by atoms with Gasteiger partial charge < -0.3 is 21.3 Å². The van der Waals surface area contributed by atoms with Gasteiger partial charge in [-0.2, -0.15) is 0 Å². The second-order valence-electron chi connectivity index (χ2n) is 6.64. The molecule has 28 heavy (non-hydrogen) atoms. The number of amides is 3. The van der Waals surface area contributed by atoms with Crippen LogP contribution in [0, 0.1) is 5.82 Å². The summed E-state index contributed by atoms with van der Waals surface area (Å²) in [5.41, 5.74) is 8.09. The lowest BCUT2D eigenvalue weighted by Gasteiger charge is -2.17. The number of benzene rings is 2. The van der Waals surface area contributed by atoms with Gasteiger partial charge in [0.2, 0.25) is 5.91 Å². The third-order valence-corrected chi connectivity index (χ3v) is 4.71. The molecule has 0 radical (unpaired) electrons. The van der Waals surface area contributed by atoms with Crippen LogP contribution in [-0.4, -0.2) is 42.5 Å². The zero-order chi connectivity index (χ0) is 19.2. The van der Waals surface area contributed by atoms with Gasteiger partial charge in [0, 0.05) is 31.6 Å². The SMILES string of the molecule is Cl.N[C@@H]1CN(C(=O)CNC(=O)NCc2ccc(F)cc2)C[C@H]1c1ccccc1. The van der Waals surface area contributed by atoms with Gasteiger partial charge in [-0.05, 0) is 23.3 Å². The molecule has 1 aliphatic heterocycles. The molecule has 2 aromatic rings. The number of halogens is 2. The van der Waals surface area contributed by atoms with Gasteiger partial charge in [-0.1, -0.05) is 42.5 Å². The molecular weight excluding hydrogens is 383 g/mol. The van der Waals surface area contributed by atoms with E-state index >= 15 is 0 Å². The quantitative estimate of drug-likeness (QED) is 0.709. The monoisotopic (exact) mass is 406 g/mol. The van der Waals surface area contributed by atoms with Gasteiger partial charge in [0.15, 0.2) is 0 Å². The average molecular weight is 407 g/mol. The molecule has 4 N–H and O–H groups in total. The molecule has 0 saturated carbocycles. The van der Waals surface area contributed by atoms with Crippen LogP contribution >= 0.6 is 12.4 Å². The van der Waals surface area contributed by atoms with Crippen LogP contribution in [0.15, 0.2) is 54.6 Å². The predicted molar refractivity (Wildman–Crippen MR) is 108 cm³/mol. The summed E-state index contributed by atoms with van der Waals surface area (Å²) >= 11 is 0. The fraction of sp³-hybridized carbons (Fsp3) is 0.300. The maximum absolute atomic E-state index is 12.9. The molecule has 8 heteroatoms. The normalized spacial score (nSPS) is 18.3. The second kappa shape index (κ2) is 10.1. The number of nitrogens with zero attached hydrogens (tertiary/aromatic N) is 1. The van der Waals surface area contributed by atoms with Crippen molar-refractivity contribution < 1.29 is 14.0 Å². The third kappa shape index (κ3) is 5.68. The zero-order valence-corrected chi connectivity index (χ0v) is 16.1. The van der Waals surface area contributed by atoms with Crippen molar-refractivity contribution in [3.63, 3.8) is 0 Å². The topological polar surface area (TPSA) is 87.5 Å². The number of rotatable bonds is 5. The van der Waals surface area contributed by atoms with E-state index in [1.807, 2.05) is 30.3 Å². The average Bonchev–Trinajstić information content (AvgIpc) is 3.08. The van der Waals surface area contributed by atoms with E-state index in [-0.39, 0.29) is 49.2 Å². The summed E-state index contributed by atoms with van der Waals surface area (Å²) in [6.07, 6.45) is 0. The Hall–Kier alpha value is -2.64. The molecule has 0 aromatic heterocycles. The number of carbonyl (C=O) groups is 2. The van der Waals surface area contributed by atoms with Crippen LogP contribution in [0.1, 0.15) is 17.0 Å². The van der Waals surface area contributed by atoms with Crippen LogP contribution in [0.2, 0.25) is 0 Å². The molecule has 1 saturated heterocycles. The van der Waals surface area contributed by atoms with Gasteiger partial charge in [0.1, 0.15) is 5.82 Å². The van der Waals surface area contributed by atoms with Gasteiger partial charge in [-0.3, -0.25) is 4.79 Å². The Bertz CT molecular complexity index is 789. The summed E-state index contributed by atoms with van der Waals surface area (Å²) in [5.74, 6) is -0.394. The van der Waals surface area contributed by atoms with Crippen LogP contribution in [0.3, 0.4) is 0 Å². The molecule has 1 fully saturated rings. The summed E-state index contributed by atoms with van der Waals surface area (Å²) in [5, 5.41) is 5.19. The highest BCUT2D eigenvalue weighted by molar-refractivity contribution is 5.85. The molecule has 0 spiro atoms. The fourth-order valence-electron chi connectivity index (χ4n) is 3.20. The lowest BCUT2D eigenvalue weighted by atomic mass is 9.95. The summed E-state index contributed by atoms with van der Waals surface area (Å²) in [7, 11) is 0. The molecule has 1 aliphatic rings.